The molecule has 0 bridgehead atoms. The number of aromatic carboxylic acids is 1. The Bertz CT molecular complexity index is 596. The lowest BCUT2D eigenvalue weighted by molar-refractivity contribution is 0.0693. The molecule has 0 unspecified atom stereocenters. The predicted octanol–water partition coefficient (Wildman–Crippen LogP) is 1.86. The maximum absolute atomic E-state index is 11.3. The van der Waals surface area contributed by atoms with Gasteiger partial charge in [-0.3, -0.25) is 0 Å². The van der Waals surface area contributed by atoms with E-state index in [4.69, 9.17) is 9.47 Å². The van der Waals surface area contributed by atoms with Crippen molar-refractivity contribution in [3.05, 3.63) is 36.0 Å². The maximum Gasteiger partial charge on any atom is 0.341 e. The average Bonchev–Trinajstić information content (AvgIpc) is 2.46. The minimum atomic E-state index is -1.11. The third kappa shape index (κ3) is 2.47. The van der Waals surface area contributed by atoms with Crippen LogP contribution in [0.15, 0.2) is 30.5 Å². The van der Waals surface area contributed by atoms with Crippen molar-refractivity contribution in [2.45, 2.75) is 0 Å². The fourth-order valence-electron chi connectivity index (χ4n) is 1.71. The van der Waals surface area contributed by atoms with Crippen LogP contribution in [0, 0.1) is 0 Å². The summed E-state index contributed by atoms with van der Waals surface area (Å²) in [5.41, 5.74) is 1.14. The molecule has 0 aliphatic heterocycles. The summed E-state index contributed by atoms with van der Waals surface area (Å²) in [5.74, 6) is -0.437. The van der Waals surface area contributed by atoms with Crippen LogP contribution in [-0.2, 0) is 0 Å². The van der Waals surface area contributed by atoms with Crippen LogP contribution in [0.3, 0.4) is 0 Å². The Balaban J connectivity index is 2.57. The molecule has 6 heteroatoms. The fraction of sp³-hybridized carbons (Fsp3) is 0.154. The minimum Gasteiger partial charge on any atom is -0.497 e. The van der Waals surface area contributed by atoms with Crippen LogP contribution in [-0.4, -0.2) is 35.5 Å². The third-order valence-corrected chi connectivity index (χ3v) is 2.63. The lowest BCUT2D eigenvalue weighted by atomic mass is 10.0. The van der Waals surface area contributed by atoms with E-state index in [0.717, 1.165) is 0 Å². The van der Waals surface area contributed by atoms with Crippen molar-refractivity contribution in [1.82, 2.24) is 10.2 Å². The number of rotatable bonds is 4. The van der Waals surface area contributed by atoms with E-state index in [1.165, 1.54) is 13.3 Å². The van der Waals surface area contributed by atoms with Crippen molar-refractivity contribution in [3.8, 4) is 22.8 Å². The van der Waals surface area contributed by atoms with E-state index < -0.39 is 5.97 Å². The molecule has 2 aromatic rings. The Morgan fingerprint density at radius 1 is 1.16 bits per heavy atom. The topological polar surface area (TPSA) is 81.5 Å². The normalized spacial score (nSPS) is 10.0. The highest BCUT2D eigenvalue weighted by Gasteiger charge is 2.19. The number of carboxylic acid groups (broad SMARTS) is 1. The Morgan fingerprint density at radius 2 is 1.84 bits per heavy atom. The SMILES string of the molecule is COc1ccc(-c2cnnc(OC)c2C(=O)O)cc1. The number of hydrogen-bond donors (Lipinski definition) is 1. The molecular formula is C13H12N2O4. The van der Waals surface area contributed by atoms with Crippen LogP contribution in [0.5, 0.6) is 11.6 Å². The molecule has 1 N–H and O–H groups in total. The first-order valence-electron chi connectivity index (χ1n) is 5.44. The molecule has 19 heavy (non-hydrogen) atoms. The summed E-state index contributed by atoms with van der Waals surface area (Å²) in [4.78, 5) is 11.3. The third-order valence-electron chi connectivity index (χ3n) is 2.63. The highest BCUT2D eigenvalue weighted by Crippen LogP contribution is 2.29. The Morgan fingerprint density at radius 3 is 2.37 bits per heavy atom. The quantitative estimate of drug-likeness (QED) is 0.903. The van der Waals surface area contributed by atoms with Crippen molar-refractivity contribution < 1.29 is 19.4 Å². The first-order chi connectivity index (χ1) is 9.17. The number of aromatic nitrogens is 2. The molecule has 2 rings (SSSR count). The van der Waals surface area contributed by atoms with Gasteiger partial charge < -0.3 is 14.6 Å². The second-order valence-electron chi connectivity index (χ2n) is 3.68. The van der Waals surface area contributed by atoms with E-state index in [9.17, 15) is 9.90 Å². The summed E-state index contributed by atoms with van der Waals surface area (Å²) >= 11 is 0. The zero-order valence-electron chi connectivity index (χ0n) is 10.5. The molecule has 6 nitrogen and oxygen atoms in total. The summed E-state index contributed by atoms with van der Waals surface area (Å²) in [6, 6.07) is 6.99. The van der Waals surface area contributed by atoms with Crippen LogP contribution in [0.25, 0.3) is 11.1 Å². The van der Waals surface area contributed by atoms with Gasteiger partial charge in [0.25, 0.3) is 0 Å². The lowest BCUT2D eigenvalue weighted by Crippen LogP contribution is -2.06. The number of ether oxygens (including phenoxy) is 2. The summed E-state index contributed by atoms with van der Waals surface area (Å²) in [6.45, 7) is 0. The van der Waals surface area contributed by atoms with Gasteiger partial charge in [0.05, 0.1) is 20.4 Å². The van der Waals surface area contributed by atoms with Gasteiger partial charge in [-0.15, -0.1) is 5.10 Å². The molecule has 1 aromatic carbocycles. The number of hydrogen-bond acceptors (Lipinski definition) is 5. The van der Waals surface area contributed by atoms with Crippen molar-refractivity contribution in [2.75, 3.05) is 14.2 Å². The number of carboxylic acids is 1. The monoisotopic (exact) mass is 260 g/mol. The fourth-order valence-corrected chi connectivity index (χ4v) is 1.71. The van der Waals surface area contributed by atoms with Gasteiger partial charge in [-0.2, -0.15) is 5.10 Å². The maximum atomic E-state index is 11.3. The molecule has 98 valence electrons. The van der Waals surface area contributed by atoms with E-state index in [0.29, 0.717) is 16.9 Å². The molecule has 0 aliphatic rings. The van der Waals surface area contributed by atoms with Gasteiger partial charge in [-0.25, -0.2) is 4.79 Å². The Kier molecular flexibility index (Phi) is 3.61. The smallest absolute Gasteiger partial charge is 0.341 e. The average molecular weight is 260 g/mol. The summed E-state index contributed by atoms with van der Waals surface area (Å²) in [7, 11) is 2.92. The van der Waals surface area contributed by atoms with E-state index in [-0.39, 0.29) is 11.4 Å². The number of nitrogens with zero attached hydrogens (tertiary/aromatic N) is 2. The molecule has 0 amide bonds. The summed E-state index contributed by atoms with van der Waals surface area (Å²) in [5, 5.41) is 16.7. The van der Waals surface area contributed by atoms with E-state index in [2.05, 4.69) is 10.2 Å². The van der Waals surface area contributed by atoms with Crippen molar-refractivity contribution in [3.63, 3.8) is 0 Å². The molecule has 0 radical (unpaired) electrons. The van der Waals surface area contributed by atoms with Crippen molar-refractivity contribution >= 4 is 5.97 Å². The summed E-state index contributed by atoms with van der Waals surface area (Å²) < 4.78 is 9.99. The van der Waals surface area contributed by atoms with Gasteiger partial charge >= 0.3 is 5.97 Å². The van der Waals surface area contributed by atoms with Crippen molar-refractivity contribution in [2.24, 2.45) is 0 Å². The molecule has 1 heterocycles. The second-order valence-corrected chi connectivity index (χ2v) is 3.68. The van der Waals surface area contributed by atoms with Crippen molar-refractivity contribution in [1.29, 1.82) is 0 Å². The van der Waals surface area contributed by atoms with Gasteiger partial charge in [0, 0.05) is 5.56 Å². The molecule has 0 fully saturated rings. The highest BCUT2D eigenvalue weighted by atomic mass is 16.5. The van der Waals surface area contributed by atoms with E-state index >= 15 is 0 Å². The first kappa shape index (κ1) is 12.8. The second kappa shape index (κ2) is 5.34. The van der Waals surface area contributed by atoms with Crippen LogP contribution in [0.1, 0.15) is 10.4 Å². The van der Waals surface area contributed by atoms with Crippen LogP contribution in [0.4, 0.5) is 0 Å². The number of methoxy groups -OCH3 is 2. The molecule has 0 spiro atoms. The number of carbonyl (C=O) groups is 1. The molecular weight excluding hydrogens is 248 g/mol. The van der Waals surface area contributed by atoms with Gasteiger partial charge in [0.15, 0.2) is 0 Å². The standard InChI is InChI=1S/C13H12N2O4/c1-18-9-5-3-8(4-6-9)10-7-14-15-12(19-2)11(10)13(16)17/h3-7H,1-2H3,(H,16,17). The molecule has 0 saturated heterocycles. The van der Waals surface area contributed by atoms with Gasteiger partial charge in [-0.05, 0) is 17.7 Å². The molecule has 0 aliphatic carbocycles. The van der Waals surface area contributed by atoms with Gasteiger partial charge in [0.1, 0.15) is 11.3 Å². The number of benzene rings is 1. The molecule has 0 saturated carbocycles. The Hall–Kier alpha value is -2.63. The summed E-state index contributed by atoms with van der Waals surface area (Å²) in [6.07, 6.45) is 1.40. The van der Waals surface area contributed by atoms with Crippen LogP contribution >= 0.6 is 0 Å². The highest BCUT2D eigenvalue weighted by molar-refractivity contribution is 5.98. The minimum absolute atomic E-state index is 0.0114. The van der Waals surface area contributed by atoms with Crippen LogP contribution < -0.4 is 9.47 Å². The molecule has 1 aromatic heterocycles. The molecule has 0 atom stereocenters. The predicted molar refractivity (Wildman–Crippen MR) is 67.5 cm³/mol. The van der Waals surface area contributed by atoms with E-state index in [1.54, 1.807) is 31.4 Å². The van der Waals surface area contributed by atoms with Gasteiger partial charge in [-0.1, -0.05) is 12.1 Å². The largest absolute Gasteiger partial charge is 0.497 e. The first-order valence-corrected chi connectivity index (χ1v) is 5.44. The Labute approximate surface area is 109 Å². The van der Waals surface area contributed by atoms with Crippen LogP contribution in [0.2, 0.25) is 0 Å². The van der Waals surface area contributed by atoms with Gasteiger partial charge in [0.2, 0.25) is 5.88 Å². The zero-order valence-corrected chi connectivity index (χ0v) is 10.5. The van der Waals surface area contributed by atoms with E-state index in [1.807, 2.05) is 0 Å². The zero-order chi connectivity index (χ0) is 13.8. The lowest BCUT2D eigenvalue weighted by Gasteiger charge is -2.09.